The second-order valence-electron chi connectivity index (χ2n) is 9.97. The number of ketones is 1. The number of hydrogen-bond donors (Lipinski definition) is 4. The number of rotatable bonds is 12. The molecule has 2 amide bonds. The monoisotopic (exact) mass is 575 g/mol. The molecule has 4 aromatic rings. The van der Waals surface area contributed by atoms with E-state index in [9.17, 15) is 34.2 Å². The average Bonchev–Trinajstić information content (AvgIpc) is 2.95. The molecule has 2 atom stereocenters. The number of carboxylic acids is 1. The van der Waals surface area contributed by atoms with Crippen LogP contribution in [0.2, 0.25) is 0 Å². The van der Waals surface area contributed by atoms with Crippen molar-refractivity contribution in [1.82, 2.24) is 25.6 Å². The van der Waals surface area contributed by atoms with E-state index in [2.05, 4.69) is 20.9 Å². The van der Waals surface area contributed by atoms with Crippen LogP contribution in [0.25, 0.3) is 21.7 Å². The third kappa shape index (κ3) is 6.75. The highest BCUT2D eigenvalue weighted by Gasteiger charge is 2.42. The molecular formula is C29H29N5O8. The first-order chi connectivity index (χ1) is 20.0. The van der Waals surface area contributed by atoms with Gasteiger partial charge in [-0.15, -0.1) is 5.10 Å². The predicted octanol–water partition coefficient (Wildman–Crippen LogP) is 1.01. The van der Waals surface area contributed by atoms with Crippen LogP contribution in [-0.4, -0.2) is 67.1 Å². The van der Waals surface area contributed by atoms with Crippen molar-refractivity contribution in [3.05, 3.63) is 77.1 Å². The molecule has 0 saturated carbocycles. The summed E-state index contributed by atoms with van der Waals surface area (Å²) < 4.78 is 6.33. The lowest BCUT2D eigenvalue weighted by Gasteiger charge is -2.30. The number of nitrogens with zero attached hydrogens (tertiary/aromatic N) is 3. The molecule has 13 nitrogen and oxygen atoms in total. The highest BCUT2D eigenvalue weighted by molar-refractivity contribution is 5.96. The zero-order valence-corrected chi connectivity index (χ0v) is 22.8. The lowest BCUT2D eigenvalue weighted by atomic mass is 9.99. The summed E-state index contributed by atoms with van der Waals surface area (Å²) >= 11 is 0. The summed E-state index contributed by atoms with van der Waals surface area (Å²) in [4.78, 5) is 63.3. The van der Waals surface area contributed by atoms with Gasteiger partial charge in [0.15, 0.2) is 6.61 Å². The second kappa shape index (κ2) is 12.6. The van der Waals surface area contributed by atoms with Gasteiger partial charge < -0.3 is 25.6 Å². The van der Waals surface area contributed by atoms with E-state index >= 15 is 0 Å². The average molecular weight is 576 g/mol. The van der Waals surface area contributed by atoms with Crippen LogP contribution in [0.15, 0.2) is 71.5 Å². The lowest BCUT2D eigenvalue weighted by molar-refractivity contribution is -0.158. The minimum atomic E-state index is -2.92. The molecule has 4 N–H and O–H groups in total. The molecule has 13 heteroatoms. The van der Waals surface area contributed by atoms with E-state index in [1.807, 2.05) is 30.3 Å². The summed E-state index contributed by atoms with van der Waals surface area (Å²) in [5.74, 6) is -4.58. The Hall–Kier alpha value is -5.17. The van der Waals surface area contributed by atoms with Gasteiger partial charge in [-0.25, -0.2) is 4.68 Å². The molecule has 0 aliphatic carbocycles. The molecule has 0 unspecified atom stereocenters. The van der Waals surface area contributed by atoms with Crippen LogP contribution in [0.1, 0.15) is 20.3 Å². The second-order valence-corrected chi connectivity index (χ2v) is 9.97. The number of aliphatic hydroxyl groups is 1. The highest BCUT2D eigenvalue weighted by atomic mass is 16.5. The Kier molecular flexibility index (Phi) is 8.91. The van der Waals surface area contributed by atoms with E-state index in [1.165, 1.54) is 6.07 Å². The fourth-order valence-electron chi connectivity index (χ4n) is 4.32. The number of aromatic nitrogens is 3. The van der Waals surface area contributed by atoms with Crippen LogP contribution in [0.4, 0.5) is 0 Å². The van der Waals surface area contributed by atoms with Crippen molar-refractivity contribution in [2.45, 2.75) is 38.6 Å². The Morgan fingerprint density at radius 1 is 0.976 bits per heavy atom. The van der Waals surface area contributed by atoms with Crippen molar-refractivity contribution >= 4 is 45.2 Å². The Morgan fingerprint density at radius 2 is 1.64 bits per heavy atom. The van der Waals surface area contributed by atoms with Crippen LogP contribution in [-0.2, 0) is 25.7 Å². The first-order valence-corrected chi connectivity index (χ1v) is 13.0. The maximum atomic E-state index is 13.2. The van der Waals surface area contributed by atoms with E-state index in [0.717, 1.165) is 10.8 Å². The van der Waals surface area contributed by atoms with Crippen LogP contribution >= 0.6 is 0 Å². The molecule has 0 bridgehead atoms. The summed E-state index contributed by atoms with van der Waals surface area (Å²) in [7, 11) is 0. The molecule has 1 heterocycles. The molecule has 0 radical (unpaired) electrons. The van der Waals surface area contributed by atoms with Gasteiger partial charge in [-0.2, -0.15) is 0 Å². The summed E-state index contributed by atoms with van der Waals surface area (Å²) in [6.07, 6.45) is -1.21. The quantitative estimate of drug-likeness (QED) is 0.177. The zero-order chi connectivity index (χ0) is 30.4. The van der Waals surface area contributed by atoms with Crippen LogP contribution in [0.3, 0.4) is 0 Å². The SMILES string of the molecule is CC(C)[C@H](NC(=O)COc1cccc2ccccc12)C(=O)N[C@](O)(CC(=O)O)C(=O)Cn1nnc2ccccc2c1=O. The Labute approximate surface area is 239 Å². The van der Waals surface area contributed by atoms with Crippen molar-refractivity contribution in [3.63, 3.8) is 0 Å². The third-order valence-electron chi connectivity index (χ3n) is 6.50. The molecule has 1 aromatic heterocycles. The Bertz CT molecular complexity index is 1710. The van der Waals surface area contributed by atoms with Gasteiger partial charge in [0.05, 0.1) is 5.39 Å². The number of carbonyl (C=O) groups is 4. The number of carboxylic acid groups (broad SMARTS) is 1. The van der Waals surface area contributed by atoms with Gasteiger partial charge in [-0.3, -0.25) is 24.0 Å². The molecule has 0 spiro atoms. The fourth-order valence-corrected chi connectivity index (χ4v) is 4.32. The molecule has 0 fully saturated rings. The van der Waals surface area contributed by atoms with Gasteiger partial charge in [0.1, 0.15) is 30.3 Å². The normalized spacial score (nSPS) is 13.3. The summed E-state index contributed by atoms with van der Waals surface area (Å²) in [6.45, 7) is 1.90. The number of hydrogen-bond acceptors (Lipinski definition) is 9. The number of ether oxygens (including phenoxy) is 1. The van der Waals surface area contributed by atoms with E-state index in [4.69, 9.17) is 4.74 Å². The number of nitrogens with one attached hydrogen (secondary N) is 2. The zero-order valence-electron chi connectivity index (χ0n) is 22.8. The van der Waals surface area contributed by atoms with Crippen LogP contribution in [0, 0.1) is 5.92 Å². The number of benzene rings is 3. The first-order valence-electron chi connectivity index (χ1n) is 13.0. The molecule has 42 heavy (non-hydrogen) atoms. The molecule has 0 saturated heterocycles. The minimum absolute atomic E-state index is 0.152. The van der Waals surface area contributed by atoms with Crippen molar-refractivity contribution in [2.24, 2.45) is 5.92 Å². The van der Waals surface area contributed by atoms with E-state index in [-0.39, 0.29) is 10.9 Å². The van der Waals surface area contributed by atoms with Crippen LogP contribution in [0.5, 0.6) is 5.75 Å². The van der Waals surface area contributed by atoms with E-state index in [0.29, 0.717) is 10.4 Å². The molecule has 0 aliphatic heterocycles. The standard InChI is InChI=1S/C29H29N5O8/c1-17(2)26(30-24(36)16-42-22-13-7-9-18-8-3-4-10-19(18)22)27(39)31-29(41,14-25(37)38)23(35)15-34-28(40)20-11-5-6-12-21(20)32-33-34/h3-13,17,26,41H,14-16H2,1-2H3,(H,30,36)(H,31,39)(H,37,38)/t26-,29-/m0/s1. The third-order valence-corrected chi connectivity index (χ3v) is 6.50. The largest absolute Gasteiger partial charge is 0.483 e. The molecule has 0 aliphatic rings. The maximum Gasteiger partial charge on any atom is 0.308 e. The minimum Gasteiger partial charge on any atom is -0.483 e. The molecule has 4 rings (SSSR count). The van der Waals surface area contributed by atoms with Crippen molar-refractivity contribution in [2.75, 3.05) is 6.61 Å². The van der Waals surface area contributed by atoms with Crippen molar-refractivity contribution < 1.29 is 34.1 Å². The summed E-state index contributed by atoms with van der Waals surface area (Å²) in [5, 5.41) is 34.4. The lowest BCUT2D eigenvalue weighted by Crippen LogP contribution is -2.62. The Morgan fingerprint density at radius 3 is 2.36 bits per heavy atom. The molecule has 3 aromatic carbocycles. The van der Waals surface area contributed by atoms with Gasteiger partial charge in [-0.1, -0.05) is 67.6 Å². The highest BCUT2D eigenvalue weighted by Crippen LogP contribution is 2.25. The van der Waals surface area contributed by atoms with Crippen LogP contribution < -0.4 is 20.9 Å². The van der Waals surface area contributed by atoms with Gasteiger partial charge in [0, 0.05) is 5.39 Å². The number of aliphatic carboxylic acids is 1. The van der Waals surface area contributed by atoms with E-state index < -0.39 is 66.4 Å². The predicted molar refractivity (Wildman–Crippen MR) is 150 cm³/mol. The van der Waals surface area contributed by atoms with Crippen molar-refractivity contribution in [3.8, 4) is 5.75 Å². The summed E-state index contributed by atoms with van der Waals surface area (Å²) in [6, 6.07) is 17.8. The van der Waals surface area contributed by atoms with E-state index in [1.54, 1.807) is 44.2 Å². The maximum absolute atomic E-state index is 13.2. The van der Waals surface area contributed by atoms with Crippen molar-refractivity contribution in [1.29, 1.82) is 0 Å². The number of Topliss-reactive ketones (excluding diaryl/α,β-unsaturated/α-hetero) is 1. The number of amides is 2. The van der Waals surface area contributed by atoms with Gasteiger partial charge >= 0.3 is 5.97 Å². The number of fused-ring (bicyclic) bond motifs is 2. The van der Waals surface area contributed by atoms with Gasteiger partial charge in [0.25, 0.3) is 11.5 Å². The molecule has 218 valence electrons. The fraction of sp³-hybridized carbons (Fsp3) is 0.276. The number of carbonyl (C=O) groups excluding carboxylic acids is 3. The smallest absolute Gasteiger partial charge is 0.308 e. The summed E-state index contributed by atoms with van der Waals surface area (Å²) in [5.41, 5.74) is -3.34. The van der Waals surface area contributed by atoms with Gasteiger partial charge in [0.2, 0.25) is 17.4 Å². The van der Waals surface area contributed by atoms with Gasteiger partial charge in [-0.05, 0) is 29.5 Å². The molecular weight excluding hydrogens is 546 g/mol. The topological polar surface area (TPSA) is 190 Å². The first kappa shape index (κ1) is 29.8. The Balaban J connectivity index is 1.47.